The molecule has 3 aromatic rings. The van der Waals surface area contributed by atoms with Crippen molar-refractivity contribution >= 4 is 16.5 Å². The van der Waals surface area contributed by atoms with Gasteiger partial charge in [-0.2, -0.15) is 0 Å². The first-order valence-electron chi connectivity index (χ1n) is 6.75. The average Bonchev–Trinajstić information content (AvgIpc) is 2.48. The van der Waals surface area contributed by atoms with Crippen molar-refractivity contribution in [2.24, 2.45) is 0 Å². The lowest BCUT2D eigenvalue weighted by Crippen LogP contribution is -2.33. The Bertz CT molecular complexity index is 811. The van der Waals surface area contributed by atoms with Crippen molar-refractivity contribution in [3.05, 3.63) is 82.2 Å². The highest BCUT2D eigenvalue weighted by atomic mass is 16.6. The van der Waals surface area contributed by atoms with Gasteiger partial charge >= 0.3 is 0 Å². The summed E-state index contributed by atoms with van der Waals surface area (Å²) in [5.41, 5.74) is 2.59. The highest BCUT2D eigenvalue weighted by molar-refractivity contribution is 5.89. The normalized spacial score (nSPS) is 10.7. The third-order valence-electron chi connectivity index (χ3n) is 3.54. The predicted octanol–water partition coefficient (Wildman–Crippen LogP) is 3.39. The molecule has 0 amide bonds. The van der Waals surface area contributed by atoms with Gasteiger partial charge in [-0.05, 0) is 13.0 Å². The van der Waals surface area contributed by atoms with Crippen molar-refractivity contribution in [3.63, 3.8) is 0 Å². The van der Waals surface area contributed by atoms with Crippen molar-refractivity contribution in [3.8, 4) is 0 Å². The van der Waals surface area contributed by atoms with Crippen LogP contribution in [0.15, 0.2) is 60.9 Å². The Balaban J connectivity index is 1.98. The molecule has 0 atom stereocenters. The molecule has 0 aliphatic carbocycles. The Labute approximate surface area is 122 Å². The maximum atomic E-state index is 11.0. The van der Waals surface area contributed by atoms with Crippen LogP contribution in [0.3, 0.4) is 0 Å². The van der Waals surface area contributed by atoms with Gasteiger partial charge in [0.25, 0.3) is 5.69 Å². The zero-order valence-electron chi connectivity index (χ0n) is 11.7. The summed E-state index contributed by atoms with van der Waals surface area (Å²) in [4.78, 5) is 10.7. The highest BCUT2D eigenvalue weighted by Crippen LogP contribution is 2.23. The maximum Gasteiger partial charge on any atom is 0.277 e. The highest BCUT2D eigenvalue weighted by Gasteiger charge is 2.13. The molecule has 21 heavy (non-hydrogen) atoms. The van der Waals surface area contributed by atoms with Gasteiger partial charge in [0, 0.05) is 17.7 Å². The minimum Gasteiger partial charge on any atom is -0.258 e. The molecule has 4 heteroatoms. The fourth-order valence-corrected chi connectivity index (χ4v) is 2.42. The number of benzene rings is 2. The Morgan fingerprint density at radius 2 is 1.86 bits per heavy atom. The van der Waals surface area contributed by atoms with Crippen LogP contribution in [0.5, 0.6) is 0 Å². The molecule has 0 unspecified atom stereocenters. The number of non-ortho nitro benzene ring substituents is 1. The minimum atomic E-state index is -0.341. The number of fused-ring (bicyclic) bond motifs is 1. The van der Waals surface area contributed by atoms with E-state index in [0.717, 1.165) is 11.9 Å². The maximum absolute atomic E-state index is 11.0. The second kappa shape index (κ2) is 5.32. The molecule has 0 saturated heterocycles. The van der Waals surface area contributed by atoms with E-state index < -0.39 is 0 Å². The summed E-state index contributed by atoms with van der Waals surface area (Å²) in [6.07, 6.45) is 3.83. The summed E-state index contributed by atoms with van der Waals surface area (Å²) in [5, 5.41) is 12.6. The van der Waals surface area contributed by atoms with E-state index in [0.29, 0.717) is 5.39 Å². The Hall–Kier alpha value is -2.75. The molecule has 0 fully saturated rings. The molecule has 4 nitrogen and oxygen atoms in total. The minimum absolute atomic E-state index is 0.148. The Morgan fingerprint density at radius 1 is 1.10 bits per heavy atom. The first kappa shape index (κ1) is 13.2. The van der Waals surface area contributed by atoms with Crippen LogP contribution in [0, 0.1) is 17.0 Å². The smallest absolute Gasteiger partial charge is 0.258 e. The lowest BCUT2D eigenvalue weighted by molar-refractivity contribution is -0.687. The summed E-state index contributed by atoms with van der Waals surface area (Å²) in [6.45, 7) is 2.81. The van der Waals surface area contributed by atoms with Gasteiger partial charge in [0.1, 0.15) is 0 Å². The van der Waals surface area contributed by atoms with E-state index in [9.17, 15) is 10.1 Å². The Morgan fingerprint density at radius 3 is 2.57 bits per heavy atom. The van der Waals surface area contributed by atoms with Gasteiger partial charge in [0.2, 0.25) is 0 Å². The van der Waals surface area contributed by atoms with Crippen LogP contribution in [0.1, 0.15) is 11.1 Å². The molecule has 1 heterocycles. The number of pyridine rings is 1. The molecule has 0 bridgehead atoms. The SMILES string of the molecule is Cc1ccc(C[n+]2ccc3c([N+](=O)[O-])cccc3c2)cc1. The predicted molar refractivity (Wildman–Crippen MR) is 81.1 cm³/mol. The molecule has 0 N–H and O–H groups in total. The van der Waals surface area contributed by atoms with Crippen molar-refractivity contribution in [1.29, 1.82) is 0 Å². The molecule has 104 valence electrons. The van der Waals surface area contributed by atoms with Crippen LogP contribution in [0.4, 0.5) is 5.69 Å². The summed E-state index contributed by atoms with van der Waals surface area (Å²) >= 11 is 0. The second-order valence-electron chi connectivity index (χ2n) is 5.14. The van der Waals surface area contributed by atoms with Crippen LogP contribution in [-0.4, -0.2) is 4.92 Å². The van der Waals surface area contributed by atoms with E-state index in [1.165, 1.54) is 17.2 Å². The summed E-state index contributed by atoms with van der Waals surface area (Å²) < 4.78 is 2.04. The van der Waals surface area contributed by atoms with Gasteiger partial charge in [-0.15, -0.1) is 0 Å². The number of nitro benzene ring substituents is 1. The van der Waals surface area contributed by atoms with Crippen LogP contribution in [0.25, 0.3) is 10.8 Å². The van der Waals surface area contributed by atoms with Gasteiger partial charge in [0.15, 0.2) is 18.9 Å². The molecule has 0 saturated carbocycles. The van der Waals surface area contributed by atoms with Crippen molar-refractivity contribution in [2.75, 3.05) is 0 Å². The van der Waals surface area contributed by atoms with Crippen LogP contribution in [-0.2, 0) is 6.54 Å². The number of nitro groups is 1. The fraction of sp³-hybridized carbons (Fsp3) is 0.118. The number of nitrogens with zero attached hydrogens (tertiary/aromatic N) is 2. The van der Waals surface area contributed by atoms with Gasteiger partial charge < -0.3 is 0 Å². The molecular weight excluding hydrogens is 264 g/mol. The molecule has 0 spiro atoms. The number of hydrogen-bond donors (Lipinski definition) is 0. The zero-order valence-corrected chi connectivity index (χ0v) is 11.7. The van der Waals surface area contributed by atoms with Crippen LogP contribution in [0.2, 0.25) is 0 Å². The number of hydrogen-bond acceptors (Lipinski definition) is 2. The Kier molecular flexibility index (Phi) is 3.36. The van der Waals surface area contributed by atoms with Crippen molar-refractivity contribution in [2.45, 2.75) is 13.5 Å². The molecule has 0 radical (unpaired) electrons. The lowest BCUT2D eigenvalue weighted by Gasteiger charge is -2.01. The van der Waals surface area contributed by atoms with E-state index in [-0.39, 0.29) is 10.6 Å². The average molecular weight is 279 g/mol. The van der Waals surface area contributed by atoms with Gasteiger partial charge in [0.05, 0.1) is 15.7 Å². The van der Waals surface area contributed by atoms with E-state index >= 15 is 0 Å². The second-order valence-corrected chi connectivity index (χ2v) is 5.14. The number of aryl methyl sites for hydroxylation is 1. The summed E-state index contributed by atoms with van der Waals surface area (Å²) in [7, 11) is 0. The zero-order chi connectivity index (χ0) is 14.8. The number of rotatable bonds is 3. The van der Waals surface area contributed by atoms with Crippen molar-refractivity contribution < 1.29 is 9.49 Å². The number of aromatic nitrogens is 1. The van der Waals surface area contributed by atoms with Gasteiger partial charge in [-0.1, -0.05) is 35.9 Å². The standard InChI is InChI=1S/C17H15N2O2/c1-13-5-7-14(8-6-13)11-18-10-9-16-15(12-18)3-2-4-17(16)19(20)21/h2-10,12H,11H2,1H3/q+1. The monoisotopic (exact) mass is 279 g/mol. The first-order valence-corrected chi connectivity index (χ1v) is 6.75. The quantitative estimate of drug-likeness (QED) is 0.419. The molecule has 0 aliphatic heterocycles. The van der Waals surface area contributed by atoms with Crippen LogP contribution < -0.4 is 4.57 Å². The van der Waals surface area contributed by atoms with Crippen molar-refractivity contribution in [1.82, 2.24) is 0 Å². The van der Waals surface area contributed by atoms with Crippen LogP contribution >= 0.6 is 0 Å². The molecular formula is C17H15N2O2+. The third kappa shape index (κ3) is 2.74. The van der Waals surface area contributed by atoms with E-state index in [4.69, 9.17) is 0 Å². The summed E-state index contributed by atoms with van der Waals surface area (Å²) in [5.74, 6) is 0. The largest absolute Gasteiger partial charge is 0.277 e. The summed E-state index contributed by atoms with van der Waals surface area (Å²) in [6, 6.07) is 15.3. The molecule has 3 rings (SSSR count). The van der Waals surface area contributed by atoms with E-state index in [2.05, 4.69) is 31.2 Å². The third-order valence-corrected chi connectivity index (χ3v) is 3.54. The topological polar surface area (TPSA) is 47.0 Å². The van der Waals surface area contributed by atoms with E-state index in [1.807, 2.05) is 29.1 Å². The lowest BCUT2D eigenvalue weighted by atomic mass is 10.1. The molecule has 1 aromatic heterocycles. The molecule has 0 aliphatic rings. The van der Waals surface area contributed by atoms with Gasteiger partial charge in [-0.3, -0.25) is 10.1 Å². The molecule has 2 aromatic carbocycles. The fourth-order valence-electron chi connectivity index (χ4n) is 2.42. The van der Waals surface area contributed by atoms with E-state index in [1.54, 1.807) is 6.07 Å². The van der Waals surface area contributed by atoms with Gasteiger partial charge in [-0.25, -0.2) is 4.57 Å². The first-order chi connectivity index (χ1) is 10.1.